The molecular weight excluding hydrogens is 324 g/mol. The number of Topliss-reactive ketones (excluding diaryl/α,β-unsaturated/α-hetero) is 1. The molecule has 0 bridgehead atoms. The molecule has 0 fully saturated rings. The topological polar surface area (TPSA) is 59.5 Å². The third kappa shape index (κ3) is 2.85. The van der Waals surface area contributed by atoms with Gasteiger partial charge in [0.05, 0.1) is 5.69 Å². The summed E-state index contributed by atoms with van der Waals surface area (Å²) in [5, 5.41) is 0. The number of aromatic nitrogens is 1. The molecule has 1 atom stereocenters. The lowest BCUT2D eigenvalue weighted by Gasteiger charge is -2.34. The molecule has 0 aromatic carbocycles. The number of carbonyl (C=O) groups excluding carboxylic acids is 2. The summed E-state index contributed by atoms with van der Waals surface area (Å²) in [7, 11) is 0. The van der Waals surface area contributed by atoms with Crippen molar-refractivity contribution in [3.63, 3.8) is 0 Å². The van der Waals surface area contributed by atoms with E-state index < -0.39 is 16.6 Å². The number of rotatable bonds is 0. The van der Waals surface area contributed by atoms with E-state index in [1.54, 1.807) is 33.0 Å². The van der Waals surface area contributed by atoms with Gasteiger partial charge in [-0.1, -0.05) is 15.9 Å². The van der Waals surface area contributed by atoms with E-state index >= 15 is 0 Å². The van der Waals surface area contributed by atoms with Crippen molar-refractivity contribution in [2.75, 3.05) is 4.90 Å². The molecule has 0 aliphatic carbocycles. The number of ether oxygens (including phenoxy) is 1. The first-order valence-electron chi connectivity index (χ1n) is 6.36. The van der Waals surface area contributed by atoms with Crippen LogP contribution in [0.2, 0.25) is 0 Å². The molecule has 108 valence electrons. The third-order valence-corrected chi connectivity index (χ3v) is 3.59. The van der Waals surface area contributed by atoms with E-state index in [1.165, 1.54) is 4.90 Å². The predicted octanol–water partition coefficient (Wildman–Crippen LogP) is 3.44. The van der Waals surface area contributed by atoms with Gasteiger partial charge in [0.1, 0.15) is 16.2 Å². The molecule has 0 saturated carbocycles. The van der Waals surface area contributed by atoms with Crippen molar-refractivity contribution < 1.29 is 14.3 Å². The number of hydrogen-bond donors (Lipinski definition) is 0. The molecule has 2 rings (SSSR count). The predicted molar refractivity (Wildman–Crippen MR) is 79.3 cm³/mol. The smallest absolute Gasteiger partial charge is 0.415 e. The van der Waals surface area contributed by atoms with E-state index in [2.05, 4.69) is 20.9 Å². The van der Waals surface area contributed by atoms with Crippen molar-refractivity contribution in [1.29, 1.82) is 0 Å². The zero-order valence-corrected chi connectivity index (χ0v) is 13.5. The number of aryl methyl sites for hydroxylation is 1. The summed E-state index contributed by atoms with van der Waals surface area (Å²) < 4.78 is 5.41. The van der Waals surface area contributed by atoms with Crippen molar-refractivity contribution in [3.05, 3.63) is 23.5 Å². The molecule has 2 heterocycles. The van der Waals surface area contributed by atoms with E-state index in [0.29, 0.717) is 11.4 Å². The molecule has 1 aromatic heterocycles. The lowest BCUT2D eigenvalue weighted by Crippen LogP contribution is -2.45. The first kappa shape index (κ1) is 15.0. The standard InChI is InChI=1S/C14H17BrN2O3/c1-8-5-6-16-11-9(18)7-10(15)17(12(8)11)13(19)20-14(2,3)4/h5-6,10H,7H2,1-4H3. The van der Waals surface area contributed by atoms with Gasteiger partial charge in [-0.25, -0.2) is 4.79 Å². The van der Waals surface area contributed by atoms with E-state index in [0.717, 1.165) is 5.56 Å². The van der Waals surface area contributed by atoms with Crippen LogP contribution in [0.1, 0.15) is 43.2 Å². The fourth-order valence-corrected chi connectivity index (χ4v) is 2.72. The van der Waals surface area contributed by atoms with Crippen LogP contribution in [0.4, 0.5) is 10.5 Å². The Kier molecular flexibility index (Phi) is 3.86. The van der Waals surface area contributed by atoms with E-state index in [4.69, 9.17) is 4.74 Å². The first-order chi connectivity index (χ1) is 9.20. The van der Waals surface area contributed by atoms with Crippen LogP contribution >= 0.6 is 15.9 Å². The number of pyridine rings is 1. The Morgan fingerprint density at radius 3 is 2.75 bits per heavy atom. The number of carbonyl (C=O) groups is 2. The number of ketones is 1. The molecule has 6 heteroatoms. The van der Waals surface area contributed by atoms with Gasteiger partial charge in [0.2, 0.25) is 0 Å². The fourth-order valence-electron chi connectivity index (χ4n) is 2.06. The number of alkyl halides is 1. The van der Waals surface area contributed by atoms with Crippen molar-refractivity contribution >= 4 is 33.5 Å². The normalized spacial score (nSPS) is 18.8. The van der Waals surface area contributed by atoms with Gasteiger partial charge in [-0.05, 0) is 39.3 Å². The van der Waals surface area contributed by atoms with Gasteiger partial charge in [-0.15, -0.1) is 0 Å². The SMILES string of the molecule is Cc1ccnc2c1N(C(=O)OC(C)(C)C)C(Br)CC2=O. The van der Waals surface area contributed by atoms with Crippen molar-refractivity contribution in [3.8, 4) is 0 Å². The highest BCUT2D eigenvalue weighted by molar-refractivity contribution is 9.09. The quantitative estimate of drug-likeness (QED) is 0.536. The van der Waals surface area contributed by atoms with Crippen molar-refractivity contribution in [2.24, 2.45) is 0 Å². The lowest BCUT2D eigenvalue weighted by atomic mass is 10.0. The Hall–Kier alpha value is -1.43. The summed E-state index contributed by atoms with van der Waals surface area (Å²) in [6.07, 6.45) is 1.28. The molecule has 0 spiro atoms. The van der Waals surface area contributed by atoms with Crippen LogP contribution in [0, 0.1) is 6.92 Å². The zero-order valence-electron chi connectivity index (χ0n) is 11.9. The second kappa shape index (κ2) is 5.16. The summed E-state index contributed by atoms with van der Waals surface area (Å²) in [6.45, 7) is 7.26. The van der Waals surface area contributed by atoms with Gasteiger partial charge in [0.25, 0.3) is 0 Å². The van der Waals surface area contributed by atoms with Gasteiger partial charge in [0.15, 0.2) is 5.78 Å². The molecular formula is C14H17BrN2O3. The summed E-state index contributed by atoms with van der Waals surface area (Å²) in [4.78, 5) is 29.6. The second-order valence-corrected chi connectivity index (χ2v) is 6.79. The molecule has 0 radical (unpaired) electrons. The number of halogens is 1. The Morgan fingerprint density at radius 2 is 2.15 bits per heavy atom. The Morgan fingerprint density at radius 1 is 1.50 bits per heavy atom. The second-order valence-electron chi connectivity index (χ2n) is 5.74. The van der Waals surface area contributed by atoms with Crippen LogP contribution in [0.25, 0.3) is 0 Å². The molecule has 20 heavy (non-hydrogen) atoms. The Labute approximate surface area is 126 Å². The molecule has 0 N–H and O–H groups in total. The van der Waals surface area contributed by atoms with Gasteiger partial charge < -0.3 is 4.74 Å². The Bertz CT molecular complexity index is 566. The maximum absolute atomic E-state index is 12.4. The molecule has 1 aliphatic rings. The third-order valence-electron chi connectivity index (χ3n) is 2.86. The van der Waals surface area contributed by atoms with Crippen LogP contribution in [0.5, 0.6) is 0 Å². The van der Waals surface area contributed by atoms with Gasteiger partial charge in [0, 0.05) is 12.6 Å². The number of hydrogen-bond acceptors (Lipinski definition) is 4. The van der Waals surface area contributed by atoms with Crippen LogP contribution in [-0.2, 0) is 4.74 Å². The van der Waals surface area contributed by atoms with Crippen LogP contribution in [-0.4, -0.2) is 27.4 Å². The maximum atomic E-state index is 12.4. The van der Waals surface area contributed by atoms with Gasteiger partial charge >= 0.3 is 6.09 Å². The lowest BCUT2D eigenvalue weighted by molar-refractivity contribution is 0.0573. The summed E-state index contributed by atoms with van der Waals surface area (Å²) in [5.74, 6) is -0.0783. The average molecular weight is 341 g/mol. The van der Waals surface area contributed by atoms with Crippen molar-refractivity contribution in [2.45, 2.75) is 44.7 Å². The molecule has 5 nitrogen and oxygen atoms in total. The Balaban J connectivity index is 2.47. The van der Waals surface area contributed by atoms with Gasteiger partial charge in [-0.2, -0.15) is 0 Å². The molecule has 1 aromatic rings. The average Bonchev–Trinajstić information content (AvgIpc) is 2.28. The molecule has 1 amide bonds. The molecule has 0 saturated heterocycles. The minimum atomic E-state index is -0.596. The summed E-state index contributed by atoms with van der Waals surface area (Å²) in [5.41, 5.74) is 1.08. The van der Waals surface area contributed by atoms with Crippen LogP contribution in [0.3, 0.4) is 0 Å². The number of fused-ring (bicyclic) bond motifs is 1. The van der Waals surface area contributed by atoms with Crippen molar-refractivity contribution in [1.82, 2.24) is 4.98 Å². The number of amides is 1. The number of anilines is 1. The molecule has 1 aliphatic heterocycles. The van der Waals surface area contributed by atoms with E-state index in [1.807, 2.05) is 6.92 Å². The molecule has 1 unspecified atom stereocenters. The number of nitrogens with zero attached hydrogens (tertiary/aromatic N) is 2. The van der Waals surface area contributed by atoms with Crippen LogP contribution < -0.4 is 4.90 Å². The van der Waals surface area contributed by atoms with Crippen LogP contribution in [0.15, 0.2) is 12.3 Å². The largest absolute Gasteiger partial charge is 0.443 e. The zero-order chi connectivity index (χ0) is 15.1. The van der Waals surface area contributed by atoms with E-state index in [-0.39, 0.29) is 12.2 Å². The summed E-state index contributed by atoms with van der Waals surface area (Å²) in [6, 6.07) is 1.77. The highest BCUT2D eigenvalue weighted by Gasteiger charge is 2.38. The fraction of sp³-hybridized carbons (Fsp3) is 0.500. The summed E-state index contributed by atoms with van der Waals surface area (Å²) >= 11 is 3.38. The highest BCUT2D eigenvalue weighted by Crippen LogP contribution is 2.35. The minimum Gasteiger partial charge on any atom is -0.443 e. The highest BCUT2D eigenvalue weighted by atomic mass is 79.9. The monoisotopic (exact) mass is 340 g/mol. The van der Waals surface area contributed by atoms with Gasteiger partial charge in [-0.3, -0.25) is 14.7 Å². The van der Waals surface area contributed by atoms with E-state index in [9.17, 15) is 9.59 Å². The minimum absolute atomic E-state index is 0.0783. The maximum Gasteiger partial charge on any atom is 0.415 e. The first-order valence-corrected chi connectivity index (χ1v) is 7.27.